The van der Waals surface area contributed by atoms with Gasteiger partial charge in [0.2, 0.25) is 0 Å². The molecule has 1 atom stereocenters. The van der Waals surface area contributed by atoms with Crippen LogP contribution in [0.25, 0.3) is 0 Å². The Balaban J connectivity index is 1.67. The number of likely N-dealkylation sites (N-methyl/N-ethyl adjacent to an activating group) is 1. The van der Waals surface area contributed by atoms with Crippen LogP contribution in [0.3, 0.4) is 0 Å². The summed E-state index contributed by atoms with van der Waals surface area (Å²) < 4.78 is 10.8. The van der Waals surface area contributed by atoms with Gasteiger partial charge in [-0.1, -0.05) is 13.8 Å². The molecule has 1 aliphatic rings. The van der Waals surface area contributed by atoms with Crippen LogP contribution < -0.4 is 14.8 Å². The third-order valence-electron chi connectivity index (χ3n) is 5.63. The minimum Gasteiger partial charge on any atom is -0.493 e. The Morgan fingerprint density at radius 2 is 1.90 bits per heavy atom. The van der Waals surface area contributed by atoms with Gasteiger partial charge in [0.15, 0.2) is 11.5 Å². The van der Waals surface area contributed by atoms with Gasteiger partial charge in [0.05, 0.1) is 20.3 Å². The fraction of sp³-hybridized carbons (Fsp3) is 0.500. The Kier molecular flexibility index (Phi) is 7.39. The van der Waals surface area contributed by atoms with Crippen molar-refractivity contribution in [1.29, 1.82) is 0 Å². The smallest absolute Gasteiger partial charge is 0.317 e. The van der Waals surface area contributed by atoms with Crippen molar-refractivity contribution in [2.75, 3.05) is 40.4 Å². The van der Waals surface area contributed by atoms with Crippen LogP contribution in [0.15, 0.2) is 29.0 Å². The van der Waals surface area contributed by atoms with Gasteiger partial charge in [0.1, 0.15) is 0 Å². The highest BCUT2D eigenvalue weighted by molar-refractivity contribution is 7.07. The average molecular weight is 418 g/mol. The van der Waals surface area contributed by atoms with Gasteiger partial charge >= 0.3 is 6.03 Å². The van der Waals surface area contributed by atoms with Crippen LogP contribution >= 0.6 is 11.3 Å². The summed E-state index contributed by atoms with van der Waals surface area (Å²) in [5, 5.41) is 7.43. The maximum atomic E-state index is 12.9. The Bertz CT molecular complexity index is 806. The second-order valence-electron chi connectivity index (χ2n) is 7.13. The minimum atomic E-state index is -0.0159. The van der Waals surface area contributed by atoms with Crippen molar-refractivity contribution in [2.24, 2.45) is 0 Å². The van der Waals surface area contributed by atoms with Crippen LogP contribution in [-0.2, 0) is 13.0 Å². The summed E-state index contributed by atoms with van der Waals surface area (Å²) in [4.78, 5) is 17.2. The number of carbonyl (C=O) groups excluding carboxylic acids is 1. The molecule has 0 fully saturated rings. The number of thiophene rings is 1. The molecule has 0 saturated heterocycles. The van der Waals surface area contributed by atoms with Gasteiger partial charge in [-0.25, -0.2) is 4.79 Å². The first-order valence-corrected chi connectivity index (χ1v) is 11.1. The number of rotatable bonds is 8. The summed E-state index contributed by atoms with van der Waals surface area (Å²) in [5.74, 6) is 1.44. The lowest BCUT2D eigenvalue weighted by molar-refractivity contribution is 0.178. The van der Waals surface area contributed by atoms with Gasteiger partial charge in [0.25, 0.3) is 0 Å². The number of hydrogen-bond donors (Lipinski definition) is 1. The molecule has 6 nitrogen and oxygen atoms in total. The first-order valence-electron chi connectivity index (χ1n) is 10.1. The summed E-state index contributed by atoms with van der Waals surface area (Å²) in [5.41, 5.74) is 3.59. The second kappa shape index (κ2) is 9.98. The molecule has 0 aliphatic carbocycles. The fourth-order valence-electron chi connectivity index (χ4n) is 3.94. The van der Waals surface area contributed by atoms with Crippen molar-refractivity contribution in [2.45, 2.75) is 32.9 Å². The second-order valence-corrected chi connectivity index (χ2v) is 7.91. The zero-order valence-electron chi connectivity index (χ0n) is 17.7. The molecule has 1 aromatic heterocycles. The van der Waals surface area contributed by atoms with E-state index in [0.717, 1.165) is 30.8 Å². The normalized spacial score (nSPS) is 14.4. The molecule has 3 rings (SSSR count). The van der Waals surface area contributed by atoms with E-state index >= 15 is 0 Å². The number of nitrogens with one attached hydrogen (secondary N) is 1. The highest BCUT2D eigenvalue weighted by Crippen LogP contribution is 2.33. The number of carbonyl (C=O) groups is 1. The number of urea groups is 1. The summed E-state index contributed by atoms with van der Waals surface area (Å²) in [7, 11) is 3.28. The number of ether oxygens (including phenoxy) is 2. The van der Waals surface area contributed by atoms with Gasteiger partial charge in [0, 0.05) is 19.6 Å². The topological polar surface area (TPSA) is 54.0 Å². The molecule has 1 N–H and O–H groups in total. The molecule has 0 radical (unpaired) electrons. The molecule has 7 heteroatoms. The van der Waals surface area contributed by atoms with Crippen molar-refractivity contribution in [3.8, 4) is 11.5 Å². The van der Waals surface area contributed by atoms with E-state index in [2.05, 4.69) is 40.9 Å². The van der Waals surface area contributed by atoms with Gasteiger partial charge in [-0.3, -0.25) is 4.90 Å². The number of amides is 2. The van der Waals surface area contributed by atoms with E-state index in [4.69, 9.17) is 9.47 Å². The minimum absolute atomic E-state index is 0.0159. The largest absolute Gasteiger partial charge is 0.493 e. The molecule has 2 heterocycles. The van der Waals surface area contributed by atoms with Crippen LogP contribution in [0.2, 0.25) is 0 Å². The number of fused-ring (bicyclic) bond motifs is 1. The third-order valence-corrected chi connectivity index (χ3v) is 6.33. The zero-order valence-corrected chi connectivity index (χ0v) is 18.6. The van der Waals surface area contributed by atoms with Crippen LogP contribution in [-0.4, -0.2) is 56.2 Å². The predicted octanol–water partition coefficient (Wildman–Crippen LogP) is 3.92. The molecule has 1 aliphatic heterocycles. The van der Waals surface area contributed by atoms with E-state index in [1.165, 1.54) is 11.1 Å². The molecular formula is C22H31N3O3S. The molecule has 2 amide bonds. The lowest BCUT2D eigenvalue weighted by Gasteiger charge is -2.32. The van der Waals surface area contributed by atoms with Crippen LogP contribution in [0.5, 0.6) is 11.5 Å². The standard InChI is InChI=1S/C22H31N3O3S/c1-5-24(6-2)19(17-8-10-29-15-17)13-23-22(26)25-9-7-16-11-20(27-3)21(28-4)12-18(16)14-25/h8,10-12,15,19H,5-7,9,13-14H2,1-4H3,(H,23,26). The SMILES string of the molecule is CCN(CC)C(CNC(=O)N1CCc2cc(OC)c(OC)cc2C1)c1ccsc1. The average Bonchev–Trinajstić information content (AvgIpc) is 3.29. The van der Waals surface area contributed by atoms with E-state index in [0.29, 0.717) is 25.4 Å². The van der Waals surface area contributed by atoms with E-state index < -0.39 is 0 Å². The van der Waals surface area contributed by atoms with Crippen LogP contribution in [0.4, 0.5) is 4.79 Å². The number of nitrogens with zero attached hydrogens (tertiary/aromatic N) is 2. The predicted molar refractivity (Wildman–Crippen MR) is 117 cm³/mol. The molecule has 0 bridgehead atoms. The zero-order chi connectivity index (χ0) is 20.8. The maximum absolute atomic E-state index is 12.9. The number of methoxy groups -OCH3 is 2. The highest BCUT2D eigenvalue weighted by Gasteiger charge is 2.25. The summed E-state index contributed by atoms with van der Waals surface area (Å²) in [6.45, 7) is 8.10. The molecule has 29 heavy (non-hydrogen) atoms. The quantitative estimate of drug-likeness (QED) is 0.707. The number of benzene rings is 1. The Labute approximate surface area is 177 Å². The molecule has 2 aromatic rings. The monoisotopic (exact) mass is 417 g/mol. The summed E-state index contributed by atoms with van der Waals surface area (Å²) >= 11 is 1.70. The Morgan fingerprint density at radius 3 is 2.48 bits per heavy atom. The number of hydrogen-bond acceptors (Lipinski definition) is 5. The van der Waals surface area contributed by atoms with Crippen molar-refractivity contribution < 1.29 is 14.3 Å². The van der Waals surface area contributed by atoms with Crippen molar-refractivity contribution in [1.82, 2.24) is 15.1 Å². The summed E-state index contributed by atoms with van der Waals surface area (Å²) in [6.07, 6.45) is 0.813. The Morgan fingerprint density at radius 1 is 1.21 bits per heavy atom. The van der Waals surface area contributed by atoms with Gasteiger partial charge in [-0.2, -0.15) is 11.3 Å². The third kappa shape index (κ3) is 4.85. The fourth-order valence-corrected chi connectivity index (χ4v) is 4.65. The van der Waals surface area contributed by atoms with Gasteiger partial charge < -0.3 is 19.7 Å². The molecule has 0 saturated carbocycles. The maximum Gasteiger partial charge on any atom is 0.317 e. The van der Waals surface area contributed by atoms with Gasteiger partial charge in [-0.15, -0.1) is 0 Å². The van der Waals surface area contributed by atoms with E-state index in [1.54, 1.807) is 25.6 Å². The molecule has 1 unspecified atom stereocenters. The van der Waals surface area contributed by atoms with E-state index in [-0.39, 0.29) is 12.1 Å². The summed E-state index contributed by atoms with van der Waals surface area (Å²) in [6, 6.07) is 6.34. The molecule has 1 aromatic carbocycles. The molecule has 0 spiro atoms. The lowest BCUT2D eigenvalue weighted by Crippen LogP contribution is -2.46. The molecule has 158 valence electrons. The van der Waals surface area contributed by atoms with Crippen molar-refractivity contribution in [3.05, 3.63) is 45.6 Å². The first kappa shape index (κ1) is 21.5. The van der Waals surface area contributed by atoms with Crippen LogP contribution in [0, 0.1) is 0 Å². The Hall–Kier alpha value is -2.25. The van der Waals surface area contributed by atoms with Crippen molar-refractivity contribution in [3.63, 3.8) is 0 Å². The lowest BCUT2D eigenvalue weighted by atomic mass is 9.99. The van der Waals surface area contributed by atoms with Crippen molar-refractivity contribution >= 4 is 17.4 Å². The molecular weight excluding hydrogens is 386 g/mol. The first-order chi connectivity index (χ1) is 14.1. The van der Waals surface area contributed by atoms with Gasteiger partial charge in [-0.05, 0) is 65.2 Å². The van der Waals surface area contributed by atoms with Crippen LogP contribution in [0.1, 0.15) is 36.6 Å². The van der Waals surface area contributed by atoms with E-state index in [9.17, 15) is 4.79 Å². The van der Waals surface area contributed by atoms with E-state index in [1.807, 2.05) is 17.0 Å². The highest BCUT2D eigenvalue weighted by atomic mass is 32.1.